The molecule has 18 heteroatoms. The standard InChI is InChI=1S/C45H62F3N9O6/c1-31(34-7-13-37(46)14-8-34)55-28-40(58)53(23-5-20-50)26-44(62)57(33(3)36-11-17-39(48)18-12-36)30-42(60)54(24-6-21-51)27-45(63)56(32(2)35-9-15-38(47)16-10-35)29-41(59)52(22-4-19-49)25-43(55)61/h7-18,31-33,40,58H,4-6,19-30,49-51H2,1-3H3/t31-,32-,33-,40?/m0/s1. The molecule has 1 fully saturated rings. The molecule has 4 rings (SSSR count). The minimum absolute atomic E-state index is 0.0152. The molecule has 3 aromatic rings. The first-order valence-electron chi connectivity index (χ1n) is 21.3. The van der Waals surface area contributed by atoms with E-state index in [1.54, 1.807) is 20.8 Å². The predicted octanol–water partition coefficient (Wildman–Crippen LogP) is 2.51. The van der Waals surface area contributed by atoms with E-state index in [0.717, 1.165) is 0 Å². The van der Waals surface area contributed by atoms with Gasteiger partial charge in [0.05, 0.1) is 44.3 Å². The Morgan fingerprint density at radius 3 is 1.17 bits per heavy atom. The molecule has 3 aromatic carbocycles. The fraction of sp³-hybridized carbons (Fsp3) is 0.489. The van der Waals surface area contributed by atoms with Crippen molar-refractivity contribution in [2.24, 2.45) is 17.2 Å². The molecule has 0 radical (unpaired) electrons. The quantitative estimate of drug-likeness (QED) is 0.176. The van der Waals surface area contributed by atoms with Crippen LogP contribution in [0.1, 0.15) is 74.8 Å². The summed E-state index contributed by atoms with van der Waals surface area (Å²) in [5.41, 5.74) is 19.1. The zero-order chi connectivity index (χ0) is 46.2. The smallest absolute Gasteiger partial charge is 0.243 e. The molecule has 1 aliphatic heterocycles. The third-order valence-corrected chi connectivity index (χ3v) is 11.4. The third kappa shape index (κ3) is 14.3. The summed E-state index contributed by atoms with van der Waals surface area (Å²) in [6, 6.07) is 13.9. The average Bonchev–Trinajstić information content (AvgIpc) is 3.27. The van der Waals surface area contributed by atoms with Crippen LogP contribution in [0.15, 0.2) is 72.8 Å². The van der Waals surface area contributed by atoms with Crippen LogP contribution in [0.25, 0.3) is 0 Å². The van der Waals surface area contributed by atoms with Crippen LogP contribution in [0.4, 0.5) is 13.2 Å². The van der Waals surface area contributed by atoms with Crippen molar-refractivity contribution >= 4 is 29.5 Å². The van der Waals surface area contributed by atoms with Crippen molar-refractivity contribution in [3.8, 4) is 0 Å². The van der Waals surface area contributed by atoms with Crippen molar-refractivity contribution in [2.45, 2.75) is 64.4 Å². The highest BCUT2D eigenvalue weighted by atomic mass is 19.1. The number of carbonyl (C=O) groups is 5. The number of amides is 5. The first kappa shape index (κ1) is 50.2. The molecule has 1 heterocycles. The van der Waals surface area contributed by atoms with Gasteiger partial charge in [-0.25, -0.2) is 13.2 Å². The Kier molecular flexibility index (Phi) is 19.5. The molecule has 5 amide bonds. The second-order valence-electron chi connectivity index (χ2n) is 15.8. The highest BCUT2D eigenvalue weighted by Gasteiger charge is 2.35. The van der Waals surface area contributed by atoms with Crippen LogP contribution in [0, 0.1) is 17.5 Å². The van der Waals surface area contributed by atoms with E-state index in [2.05, 4.69) is 0 Å². The van der Waals surface area contributed by atoms with E-state index in [1.165, 1.54) is 102 Å². The van der Waals surface area contributed by atoms with Crippen LogP contribution in [-0.4, -0.2) is 149 Å². The predicted molar refractivity (Wildman–Crippen MR) is 231 cm³/mol. The van der Waals surface area contributed by atoms with Crippen LogP contribution in [0.5, 0.6) is 0 Å². The van der Waals surface area contributed by atoms with Crippen molar-refractivity contribution in [1.29, 1.82) is 0 Å². The SMILES string of the molecule is C[C@@H](c1ccc(F)cc1)N1CC(=O)N(CCCN)CC(=O)N([C@@H](C)c2ccc(F)cc2)CC(O)N(CCCN)CC(=O)N([C@@H](C)c2ccc(F)cc2)CC(=O)N(CCCN)CC1=O. The van der Waals surface area contributed by atoms with Gasteiger partial charge >= 0.3 is 0 Å². The molecule has 344 valence electrons. The molecule has 63 heavy (non-hydrogen) atoms. The molecule has 15 nitrogen and oxygen atoms in total. The average molecular weight is 882 g/mol. The number of halogens is 3. The Labute approximate surface area is 367 Å². The van der Waals surface area contributed by atoms with Gasteiger partial charge in [-0.05, 0) is 113 Å². The van der Waals surface area contributed by atoms with Gasteiger partial charge < -0.3 is 46.8 Å². The lowest BCUT2D eigenvalue weighted by Gasteiger charge is -2.39. The molecule has 0 bridgehead atoms. The highest BCUT2D eigenvalue weighted by molar-refractivity contribution is 5.92. The largest absolute Gasteiger partial charge is 0.376 e. The van der Waals surface area contributed by atoms with Crippen LogP contribution >= 0.6 is 0 Å². The van der Waals surface area contributed by atoms with Gasteiger partial charge in [0, 0.05) is 19.6 Å². The zero-order valence-electron chi connectivity index (χ0n) is 36.4. The first-order valence-corrected chi connectivity index (χ1v) is 21.3. The number of hydrogen-bond acceptors (Lipinski definition) is 10. The lowest BCUT2D eigenvalue weighted by atomic mass is 10.1. The van der Waals surface area contributed by atoms with Crippen molar-refractivity contribution < 1.29 is 42.3 Å². The number of benzene rings is 3. The van der Waals surface area contributed by atoms with E-state index in [0.29, 0.717) is 29.5 Å². The van der Waals surface area contributed by atoms with Crippen LogP contribution in [-0.2, 0) is 24.0 Å². The number of aliphatic hydroxyl groups excluding tert-OH is 1. The summed E-state index contributed by atoms with van der Waals surface area (Å²) < 4.78 is 42.2. The van der Waals surface area contributed by atoms with Crippen LogP contribution in [0.3, 0.4) is 0 Å². The topological polar surface area (TPSA) is 203 Å². The molecule has 1 saturated heterocycles. The Hall–Kier alpha value is -5.40. The van der Waals surface area contributed by atoms with Gasteiger partial charge in [0.2, 0.25) is 29.5 Å². The lowest BCUT2D eigenvalue weighted by Crippen LogP contribution is -2.55. The van der Waals surface area contributed by atoms with Gasteiger partial charge in [0.15, 0.2) is 0 Å². The Morgan fingerprint density at radius 2 is 0.810 bits per heavy atom. The third-order valence-electron chi connectivity index (χ3n) is 11.4. The monoisotopic (exact) mass is 881 g/mol. The molecule has 1 unspecified atom stereocenters. The van der Waals surface area contributed by atoms with Crippen molar-refractivity contribution in [3.05, 3.63) is 107 Å². The maximum atomic E-state index is 14.6. The van der Waals surface area contributed by atoms with E-state index >= 15 is 0 Å². The van der Waals surface area contributed by atoms with Crippen LogP contribution in [0.2, 0.25) is 0 Å². The summed E-state index contributed by atoms with van der Waals surface area (Å²) in [7, 11) is 0. The fourth-order valence-corrected chi connectivity index (χ4v) is 7.45. The number of aliphatic hydroxyl groups is 1. The van der Waals surface area contributed by atoms with Gasteiger partial charge in [0.1, 0.15) is 36.8 Å². The molecule has 0 spiro atoms. The van der Waals surface area contributed by atoms with E-state index in [1.807, 2.05) is 0 Å². The fourth-order valence-electron chi connectivity index (χ4n) is 7.45. The molecule has 7 N–H and O–H groups in total. The summed E-state index contributed by atoms with van der Waals surface area (Å²) in [5.74, 6) is -4.62. The summed E-state index contributed by atoms with van der Waals surface area (Å²) in [5, 5.41) is 12.0. The minimum atomic E-state index is -1.48. The van der Waals surface area contributed by atoms with Gasteiger partial charge in [-0.3, -0.25) is 28.9 Å². The van der Waals surface area contributed by atoms with Crippen molar-refractivity contribution in [1.82, 2.24) is 29.4 Å². The molecule has 0 aliphatic carbocycles. The number of hydrogen-bond donors (Lipinski definition) is 4. The van der Waals surface area contributed by atoms with Gasteiger partial charge in [-0.1, -0.05) is 36.4 Å². The number of nitrogens with zero attached hydrogens (tertiary/aromatic N) is 6. The van der Waals surface area contributed by atoms with Gasteiger partial charge in [-0.2, -0.15) is 0 Å². The first-order chi connectivity index (χ1) is 30.1. The van der Waals surface area contributed by atoms with E-state index < -0.39 is 104 Å². The Morgan fingerprint density at radius 1 is 0.492 bits per heavy atom. The van der Waals surface area contributed by atoms with E-state index in [4.69, 9.17) is 17.2 Å². The second kappa shape index (κ2) is 24.4. The summed E-state index contributed by atoms with van der Waals surface area (Å²) in [4.78, 5) is 80.4. The van der Waals surface area contributed by atoms with Gasteiger partial charge in [-0.15, -0.1) is 0 Å². The van der Waals surface area contributed by atoms with E-state index in [-0.39, 0.29) is 52.2 Å². The second-order valence-corrected chi connectivity index (χ2v) is 15.8. The normalized spacial score (nSPS) is 18.7. The zero-order valence-corrected chi connectivity index (χ0v) is 36.4. The maximum absolute atomic E-state index is 14.6. The summed E-state index contributed by atoms with van der Waals surface area (Å²) in [6.07, 6.45) is -0.571. The molecule has 0 saturated carbocycles. The number of nitrogens with two attached hydrogens (primary N) is 3. The van der Waals surface area contributed by atoms with Gasteiger partial charge in [0.25, 0.3) is 0 Å². The Bertz CT molecular complexity index is 1960. The van der Waals surface area contributed by atoms with E-state index in [9.17, 15) is 42.3 Å². The lowest BCUT2D eigenvalue weighted by molar-refractivity contribution is -0.151. The summed E-state index contributed by atoms with van der Waals surface area (Å²) >= 11 is 0. The van der Waals surface area contributed by atoms with Crippen molar-refractivity contribution in [3.63, 3.8) is 0 Å². The molecular weight excluding hydrogens is 820 g/mol. The Balaban J connectivity index is 1.88. The minimum Gasteiger partial charge on any atom is -0.376 e. The number of β-amino-alcohol motifs (C(OH)–C–C–N with tert-alkyl or cyclic N) is 1. The number of rotatable bonds is 15. The molecule has 4 atom stereocenters. The number of carbonyl (C=O) groups excluding carboxylic acids is 5. The molecule has 1 aliphatic rings. The molecule has 0 aromatic heterocycles. The highest BCUT2D eigenvalue weighted by Crippen LogP contribution is 2.26. The maximum Gasteiger partial charge on any atom is 0.243 e. The summed E-state index contributed by atoms with van der Waals surface area (Å²) in [6.45, 7) is 2.72. The molecular formula is C45H62F3N9O6. The van der Waals surface area contributed by atoms with Crippen LogP contribution < -0.4 is 17.2 Å². The van der Waals surface area contributed by atoms with Crippen molar-refractivity contribution in [2.75, 3.05) is 78.5 Å².